The molecule has 1 aliphatic heterocycles. The zero-order valence-corrected chi connectivity index (χ0v) is 15.4. The first-order chi connectivity index (χ1) is 11.8. The molecule has 0 fully saturated rings. The standard InChI is InChI=1S/C21H26N2O2/c1-14(24)22-19(21(2,3)4)20-23-18(13-25-20)12-15-9-10-16-7-5-6-8-17(16)11-15/h5-11,18-19H,12-13H2,1-4H3,(H,22,24)/t18?,19-/m1/s1. The van der Waals surface area contributed by atoms with Crippen molar-refractivity contribution in [3.05, 3.63) is 48.0 Å². The van der Waals surface area contributed by atoms with E-state index < -0.39 is 0 Å². The van der Waals surface area contributed by atoms with E-state index >= 15 is 0 Å². The minimum Gasteiger partial charge on any atom is -0.477 e. The Kier molecular flexibility index (Phi) is 4.80. The number of nitrogens with one attached hydrogen (secondary N) is 1. The van der Waals surface area contributed by atoms with E-state index in [0.717, 1.165) is 6.42 Å². The van der Waals surface area contributed by atoms with Crippen LogP contribution in [0.3, 0.4) is 0 Å². The average molecular weight is 338 g/mol. The molecule has 0 saturated carbocycles. The van der Waals surface area contributed by atoms with E-state index in [1.807, 2.05) is 0 Å². The van der Waals surface area contributed by atoms with Gasteiger partial charge in [-0.2, -0.15) is 0 Å². The van der Waals surface area contributed by atoms with Gasteiger partial charge in [-0.15, -0.1) is 0 Å². The normalized spacial score (nSPS) is 18.6. The molecule has 132 valence electrons. The number of hydrogen-bond donors (Lipinski definition) is 1. The maximum Gasteiger partial charge on any atom is 0.217 e. The fourth-order valence-corrected chi connectivity index (χ4v) is 3.19. The first-order valence-electron chi connectivity index (χ1n) is 8.78. The van der Waals surface area contributed by atoms with Crippen LogP contribution in [-0.4, -0.2) is 30.5 Å². The van der Waals surface area contributed by atoms with Crippen LogP contribution in [0.25, 0.3) is 10.8 Å². The van der Waals surface area contributed by atoms with Crippen molar-refractivity contribution in [3.63, 3.8) is 0 Å². The molecule has 1 unspecified atom stereocenters. The fourth-order valence-electron chi connectivity index (χ4n) is 3.19. The van der Waals surface area contributed by atoms with E-state index in [1.165, 1.54) is 23.3 Å². The van der Waals surface area contributed by atoms with E-state index in [4.69, 9.17) is 9.73 Å². The number of carbonyl (C=O) groups excluding carboxylic acids is 1. The molecule has 1 N–H and O–H groups in total. The molecule has 4 heteroatoms. The van der Waals surface area contributed by atoms with Crippen LogP contribution in [0.1, 0.15) is 33.3 Å². The minimum atomic E-state index is -0.202. The first-order valence-corrected chi connectivity index (χ1v) is 8.78. The second-order valence-corrected chi connectivity index (χ2v) is 7.82. The van der Waals surface area contributed by atoms with Crippen molar-refractivity contribution in [2.45, 2.75) is 46.2 Å². The van der Waals surface area contributed by atoms with Gasteiger partial charge in [-0.25, -0.2) is 4.99 Å². The van der Waals surface area contributed by atoms with Crippen molar-refractivity contribution in [3.8, 4) is 0 Å². The molecule has 25 heavy (non-hydrogen) atoms. The second-order valence-electron chi connectivity index (χ2n) is 7.82. The Morgan fingerprint density at radius 3 is 2.64 bits per heavy atom. The fraction of sp³-hybridized carbons (Fsp3) is 0.429. The topological polar surface area (TPSA) is 50.7 Å². The van der Waals surface area contributed by atoms with E-state index in [1.54, 1.807) is 0 Å². The summed E-state index contributed by atoms with van der Waals surface area (Å²) in [6.45, 7) is 8.33. The van der Waals surface area contributed by atoms with Gasteiger partial charge in [-0.1, -0.05) is 63.2 Å². The number of fused-ring (bicyclic) bond motifs is 1. The minimum absolute atomic E-state index is 0.0656. The van der Waals surface area contributed by atoms with Crippen molar-refractivity contribution >= 4 is 22.6 Å². The Morgan fingerprint density at radius 2 is 1.96 bits per heavy atom. The Morgan fingerprint density at radius 1 is 1.24 bits per heavy atom. The van der Waals surface area contributed by atoms with Gasteiger partial charge in [0.25, 0.3) is 0 Å². The Hall–Kier alpha value is -2.36. The van der Waals surface area contributed by atoms with Crippen molar-refractivity contribution in [1.29, 1.82) is 0 Å². The Bertz CT molecular complexity index is 805. The molecule has 1 heterocycles. The summed E-state index contributed by atoms with van der Waals surface area (Å²) in [5, 5.41) is 5.47. The van der Waals surface area contributed by atoms with Crippen LogP contribution >= 0.6 is 0 Å². The van der Waals surface area contributed by atoms with Gasteiger partial charge < -0.3 is 10.1 Å². The summed E-state index contributed by atoms with van der Waals surface area (Å²) in [5.41, 5.74) is 1.10. The van der Waals surface area contributed by atoms with Crippen molar-refractivity contribution in [2.75, 3.05) is 6.61 Å². The summed E-state index contributed by atoms with van der Waals surface area (Å²) in [6.07, 6.45) is 0.839. The highest BCUT2D eigenvalue weighted by Crippen LogP contribution is 2.25. The molecule has 1 aliphatic rings. The Labute approximate surface area is 149 Å². The molecule has 1 amide bonds. The lowest BCUT2D eigenvalue weighted by Crippen LogP contribution is -2.48. The van der Waals surface area contributed by atoms with E-state index in [0.29, 0.717) is 12.5 Å². The summed E-state index contributed by atoms with van der Waals surface area (Å²) in [7, 11) is 0. The largest absolute Gasteiger partial charge is 0.477 e. The van der Waals surface area contributed by atoms with Crippen LogP contribution in [0.5, 0.6) is 0 Å². The van der Waals surface area contributed by atoms with Crippen LogP contribution in [0.4, 0.5) is 0 Å². The van der Waals surface area contributed by atoms with Gasteiger partial charge in [0.2, 0.25) is 11.8 Å². The lowest BCUT2D eigenvalue weighted by molar-refractivity contribution is -0.119. The number of benzene rings is 2. The predicted octanol–water partition coefficient (Wildman–Crippen LogP) is 3.73. The van der Waals surface area contributed by atoms with Gasteiger partial charge in [0.05, 0.1) is 6.04 Å². The van der Waals surface area contributed by atoms with Crippen LogP contribution in [0.2, 0.25) is 0 Å². The molecule has 4 nitrogen and oxygen atoms in total. The van der Waals surface area contributed by atoms with Gasteiger partial charge in [-0.05, 0) is 28.2 Å². The van der Waals surface area contributed by atoms with Crippen LogP contribution < -0.4 is 5.32 Å². The molecular formula is C21H26N2O2. The number of aliphatic imine (C=N–C) groups is 1. The van der Waals surface area contributed by atoms with Crippen LogP contribution in [0, 0.1) is 5.41 Å². The average Bonchev–Trinajstić information content (AvgIpc) is 2.99. The first kappa shape index (κ1) is 17.5. The van der Waals surface area contributed by atoms with Gasteiger partial charge in [0.15, 0.2) is 0 Å². The predicted molar refractivity (Wildman–Crippen MR) is 102 cm³/mol. The lowest BCUT2D eigenvalue weighted by atomic mass is 9.86. The number of hydrogen-bond acceptors (Lipinski definition) is 3. The SMILES string of the molecule is CC(=O)N[C@H](C1=NC(Cc2ccc3ccccc3c2)CO1)C(C)(C)C. The third-order valence-corrected chi connectivity index (χ3v) is 4.48. The third-order valence-electron chi connectivity index (χ3n) is 4.48. The number of rotatable bonds is 4. The van der Waals surface area contributed by atoms with Gasteiger partial charge in [0, 0.05) is 6.92 Å². The number of amides is 1. The molecule has 3 rings (SSSR count). The zero-order chi connectivity index (χ0) is 18.0. The monoisotopic (exact) mass is 338 g/mol. The maximum absolute atomic E-state index is 11.5. The third kappa shape index (κ3) is 4.19. The van der Waals surface area contributed by atoms with E-state index in [-0.39, 0.29) is 23.4 Å². The van der Waals surface area contributed by atoms with Gasteiger partial charge >= 0.3 is 0 Å². The summed E-state index contributed by atoms with van der Waals surface area (Å²) >= 11 is 0. The molecule has 2 atom stereocenters. The quantitative estimate of drug-likeness (QED) is 0.923. The molecule has 0 aliphatic carbocycles. The van der Waals surface area contributed by atoms with Crippen LogP contribution in [0.15, 0.2) is 47.5 Å². The summed E-state index contributed by atoms with van der Waals surface area (Å²) in [4.78, 5) is 16.3. The van der Waals surface area contributed by atoms with Crippen molar-refractivity contribution < 1.29 is 9.53 Å². The molecule has 0 spiro atoms. The lowest BCUT2D eigenvalue weighted by Gasteiger charge is -2.30. The Balaban J connectivity index is 1.76. The molecule has 2 aromatic rings. The maximum atomic E-state index is 11.5. The highest BCUT2D eigenvalue weighted by Gasteiger charge is 2.35. The number of ether oxygens (including phenoxy) is 1. The van der Waals surface area contributed by atoms with Crippen LogP contribution in [-0.2, 0) is 16.0 Å². The van der Waals surface area contributed by atoms with Crippen molar-refractivity contribution in [2.24, 2.45) is 10.4 Å². The molecule has 0 bridgehead atoms. The molecule has 0 saturated heterocycles. The zero-order valence-electron chi connectivity index (χ0n) is 15.4. The second kappa shape index (κ2) is 6.87. The van der Waals surface area contributed by atoms with Crippen molar-refractivity contribution in [1.82, 2.24) is 5.32 Å². The number of nitrogens with zero attached hydrogens (tertiary/aromatic N) is 1. The van der Waals surface area contributed by atoms with Gasteiger partial charge in [-0.3, -0.25) is 4.79 Å². The summed E-state index contributed by atoms with van der Waals surface area (Å²) < 4.78 is 5.85. The van der Waals surface area contributed by atoms with Gasteiger partial charge in [0.1, 0.15) is 12.6 Å². The summed E-state index contributed by atoms with van der Waals surface area (Å²) in [6, 6.07) is 14.8. The highest BCUT2D eigenvalue weighted by molar-refractivity contribution is 5.88. The molecule has 2 aromatic carbocycles. The van der Waals surface area contributed by atoms with E-state index in [9.17, 15) is 4.79 Å². The van der Waals surface area contributed by atoms with E-state index in [2.05, 4.69) is 68.6 Å². The number of carbonyl (C=O) groups is 1. The molecule has 0 aromatic heterocycles. The highest BCUT2D eigenvalue weighted by atomic mass is 16.5. The molecular weight excluding hydrogens is 312 g/mol. The smallest absolute Gasteiger partial charge is 0.217 e. The molecule has 0 radical (unpaired) electrons. The summed E-state index contributed by atoms with van der Waals surface area (Å²) in [5.74, 6) is 0.581.